The van der Waals surface area contributed by atoms with E-state index in [4.69, 9.17) is 5.26 Å². The van der Waals surface area contributed by atoms with E-state index in [9.17, 15) is 5.26 Å². The number of benzene rings is 3. The molecule has 0 heterocycles. The molecule has 0 fully saturated rings. The van der Waals surface area contributed by atoms with Gasteiger partial charge in [-0.05, 0) is 46.5 Å². The van der Waals surface area contributed by atoms with Gasteiger partial charge in [0, 0.05) is 0 Å². The molecule has 0 aromatic heterocycles. The highest BCUT2D eigenvalue weighted by molar-refractivity contribution is 5.90. The van der Waals surface area contributed by atoms with Crippen LogP contribution in [0, 0.1) is 22.7 Å². The minimum Gasteiger partial charge on any atom is -0.192 e. The first kappa shape index (κ1) is 17.0. The Kier molecular flexibility index (Phi) is 5.41. The molecule has 3 rings (SSSR count). The fourth-order valence-electron chi connectivity index (χ4n) is 2.66. The second-order valence-corrected chi connectivity index (χ2v) is 5.74. The van der Waals surface area contributed by atoms with Gasteiger partial charge in [-0.25, -0.2) is 0 Å². The molecular weight excluding hydrogens is 316 g/mol. The Bertz CT molecular complexity index is 1050. The maximum atomic E-state index is 9.26. The molecule has 0 aliphatic carbocycles. The highest BCUT2D eigenvalue weighted by Crippen LogP contribution is 2.22. The summed E-state index contributed by atoms with van der Waals surface area (Å²) in [5, 5.41) is 18.4. The molecule has 0 unspecified atom stereocenters. The van der Waals surface area contributed by atoms with Crippen LogP contribution in [-0.2, 0) is 0 Å². The summed E-state index contributed by atoms with van der Waals surface area (Å²) in [6.07, 6.45) is 6.00. The van der Waals surface area contributed by atoms with Crippen molar-refractivity contribution in [3.63, 3.8) is 0 Å². The molecule has 2 nitrogen and oxygen atoms in total. The largest absolute Gasteiger partial charge is 0.192 e. The molecule has 0 spiro atoms. The second kappa shape index (κ2) is 8.29. The Labute approximate surface area is 153 Å². The van der Waals surface area contributed by atoms with Crippen molar-refractivity contribution in [3.05, 3.63) is 113 Å². The lowest BCUT2D eigenvalue weighted by Crippen LogP contribution is -1.84. The molecule has 0 aliphatic rings. The van der Waals surface area contributed by atoms with E-state index in [2.05, 4.69) is 12.1 Å². The molecule has 2 heteroatoms. The average molecular weight is 332 g/mol. The number of allylic oxidation sites excluding steroid dienone is 2. The molecule has 0 aliphatic heterocycles. The minimum absolute atomic E-state index is 0.630. The van der Waals surface area contributed by atoms with Crippen LogP contribution in [0.5, 0.6) is 0 Å². The first-order valence-corrected chi connectivity index (χ1v) is 8.24. The first-order valence-electron chi connectivity index (χ1n) is 8.24. The quantitative estimate of drug-likeness (QED) is 0.455. The van der Waals surface area contributed by atoms with E-state index in [1.54, 1.807) is 6.07 Å². The van der Waals surface area contributed by atoms with Crippen molar-refractivity contribution in [2.45, 2.75) is 0 Å². The van der Waals surface area contributed by atoms with Crippen LogP contribution < -0.4 is 0 Å². The van der Waals surface area contributed by atoms with Gasteiger partial charge in [-0.15, -0.1) is 0 Å². The highest BCUT2D eigenvalue weighted by Gasteiger charge is 2.01. The summed E-state index contributed by atoms with van der Waals surface area (Å²) in [6.45, 7) is 0. The molecule has 0 radical (unpaired) electrons. The number of hydrogen-bond acceptors (Lipinski definition) is 2. The Morgan fingerprint density at radius 1 is 0.769 bits per heavy atom. The zero-order valence-corrected chi connectivity index (χ0v) is 14.1. The molecule has 0 atom stereocenters. The Morgan fingerprint density at radius 2 is 1.54 bits per heavy atom. The Balaban J connectivity index is 2.05. The normalized spacial score (nSPS) is 11.1. The molecule has 0 amide bonds. The Morgan fingerprint density at radius 3 is 2.31 bits per heavy atom. The van der Waals surface area contributed by atoms with E-state index in [1.807, 2.05) is 91.0 Å². The van der Waals surface area contributed by atoms with Gasteiger partial charge in [0.05, 0.1) is 23.3 Å². The summed E-state index contributed by atoms with van der Waals surface area (Å²) < 4.78 is 0. The smallest absolute Gasteiger partial charge is 0.0997 e. The fourth-order valence-corrected chi connectivity index (χ4v) is 2.66. The second-order valence-electron chi connectivity index (χ2n) is 5.74. The summed E-state index contributed by atoms with van der Waals surface area (Å²) in [5.41, 5.74) is 5.19. The van der Waals surface area contributed by atoms with E-state index in [0.717, 1.165) is 22.3 Å². The van der Waals surface area contributed by atoms with E-state index in [-0.39, 0.29) is 0 Å². The van der Waals surface area contributed by atoms with E-state index >= 15 is 0 Å². The predicted molar refractivity (Wildman–Crippen MR) is 106 cm³/mol. The predicted octanol–water partition coefficient (Wildman–Crippen LogP) is 5.68. The zero-order valence-electron chi connectivity index (χ0n) is 14.1. The van der Waals surface area contributed by atoms with Gasteiger partial charge in [0.25, 0.3) is 0 Å². The van der Waals surface area contributed by atoms with E-state index in [1.165, 1.54) is 0 Å². The zero-order chi connectivity index (χ0) is 18.2. The SMILES string of the molecule is N#Cc1cccc(C=C(C=Cc2ccccc2C#N)c2ccccc2)c1. The molecule has 26 heavy (non-hydrogen) atoms. The van der Waals surface area contributed by atoms with Crippen LogP contribution in [0.25, 0.3) is 17.7 Å². The third-order valence-corrected chi connectivity index (χ3v) is 3.97. The van der Waals surface area contributed by atoms with Crippen molar-refractivity contribution in [1.82, 2.24) is 0 Å². The van der Waals surface area contributed by atoms with Crippen molar-refractivity contribution < 1.29 is 0 Å². The topological polar surface area (TPSA) is 47.6 Å². The summed E-state index contributed by atoms with van der Waals surface area (Å²) in [6, 6.07) is 29.4. The monoisotopic (exact) mass is 332 g/mol. The molecule has 0 saturated carbocycles. The average Bonchev–Trinajstić information content (AvgIpc) is 2.72. The lowest BCUT2D eigenvalue weighted by atomic mass is 10.00. The van der Waals surface area contributed by atoms with Gasteiger partial charge in [-0.3, -0.25) is 0 Å². The molecule has 0 bridgehead atoms. The van der Waals surface area contributed by atoms with Crippen molar-refractivity contribution in [2.75, 3.05) is 0 Å². The van der Waals surface area contributed by atoms with Crippen molar-refractivity contribution in [2.24, 2.45) is 0 Å². The van der Waals surface area contributed by atoms with Gasteiger partial charge in [-0.2, -0.15) is 10.5 Å². The van der Waals surface area contributed by atoms with Crippen LogP contribution in [0.3, 0.4) is 0 Å². The lowest BCUT2D eigenvalue weighted by Gasteiger charge is -2.05. The van der Waals surface area contributed by atoms with Crippen LogP contribution in [0.1, 0.15) is 27.8 Å². The van der Waals surface area contributed by atoms with E-state index in [0.29, 0.717) is 11.1 Å². The van der Waals surface area contributed by atoms with E-state index < -0.39 is 0 Å². The summed E-state index contributed by atoms with van der Waals surface area (Å²) in [7, 11) is 0. The number of nitriles is 2. The van der Waals surface area contributed by atoms with Crippen molar-refractivity contribution in [3.8, 4) is 12.1 Å². The Hall–Kier alpha value is -3.88. The molecule has 3 aromatic rings. The molecule has 3 aromatic carbocycles. The third-order valence-electron chi connectivity index (χ3n) is 3.97. The highest BCUT2D eigenvalue weighted by atomic mass is 14.2. The molecule has 122 valence electrons. The number of nitrogens with zero attached hydrogens (tertiary/aromatic N) is 2. The fraction of sp³-hybridized carbons (Fsp3) is 0. The van der Waals surface area contributed by atoms with Gasteiger partial charge in [0.1, 0.15) is 0 Å². The van der Waals surface area contributed by atoms with Crippen LogP contribution >= 0.6 is 0 Å². The maximum absolute atomic E-state index is 9.26. The third kappa shape index (κ3) is 4.15. The minimum atomic E-state index is 0.630. The van der Waals surface area contributed by atoms with Gasteiger partial charge >= 0.3 is 0 Å². The standard InChI is InChI=1S/C24H16N2/c25-17-20-8-6-7-19(15-20)16-23(21-9-2-1-3-10-21)14-13-22-11-4-5-12-24(22)18-26/h1-16H. The van der Waals surface area contributed by atoms with Crippen LogP contribution in [-0.4, -0.2) is 0 Å². The number of hydrogen-bond donors (Lipinski definition) is 0. The van der Waals surface area contributed by atoms with Gasteiger partial charge < -0.3 is 0 Å². The van der Waals surface area contributed by atoms with Gasteiger partial charge in [-0.1, -0.05) is 72.8 Å². The lowest BCUT2D eigenvalue weighted by molar-refractivity contribution is 1.47. The summed E-state index contributed by atoms with van der Waals surface area (Å²) in [5.74, 6) is 0. The first-order chi connectivity index (χ1) is 12.8. The molecular formula is C24H16N2. The van der Waals surface area contributed by atoms with Crippen LogP contribution in [0.2, 0.25) is 0 Å². The summed E-state index contributed by atoms with van der Waals surface area (Å²) >= 11 is 0. The molecule has 0 N–H and O–H groups in total. The van der Waals surface area contributed by atoms with Crippen molar-refractivity contribution >= 4 is 17.7 Å². The maximum Gasteiger partial charge on any atom is 0.0997 e. The van der Waals surface area contributed by atoms with Gasteiger partial charge in [0.15, 0.2) is 0 Å². The van der Waals surface area contributed by atoms with Crippen molar-refractivity contribution in [1.29, 1.82) is 10.5 Å². The van der Waals surface area contributed by atoms with Crippen LogP contribution in [0.15, 0.2) is 84.9 Å². The molecule has 0 saturated heterocycles. The van der Waals surface area contributed by atoms with Crippen LogP contribution in [0.4, 0.5) is 0 Å². The van der Waals surface area contributed by atoms with Gasteiger partial charge in [0.2, 0.25) is 0 Å². The number of rotatable bonds is 4. The summed E-state index contributed by atoms with van der Waals surface area (Å²) in [4.78, 5) is 0.